The molecule has 37 heavy (non-hydrogen) atoms. The van der Waals surface area contributed by atoms with Crippen molar-refractivity contribution >= 4 is 5.97 Å². The van der Waals surface area contributed by atoms with Crippen molar-refractivity contribution in [3.05, 3.63) is 54.1 Å². The fourth-order valence-electron chi connectivity index (χ4n) is 4.31. The zero-order valence-corrected chi connectivity index (χ0v) is 23.8. The Hall–Kier alpha value is -2.33. The summed E-state index contributed by atoms with van der Waals surface area (Å²) in [5, 5.41) is 0. The van der Waals surface area contributed by atoms with Gasteiger partial charge in [0.05, 0.1) is 6.61 Å². The number of hydrogen-bond donors (Lipinski definition) is 0. The van der Waals surface area contributed by atoms with Crippen LogP contribution in [0.2, 0.25) is 0 Å². The van der Waals surface area contributed by atoms with Crippen molar-refractivity contribution in [1.29, 1.82) is 0 Å². The summed E-state index contributed by atoms with van der Waals surface area (Å²) < 4.78 is 17.3. The molecule has 0 saturated heterocycles. The molecule has 2 aromatic carbocycles. The van der Waals surface area contributed by atoms with Gasteiger partial charge in [-0.15, -0.1) is 0 Å². The zero-order chi connectivity index (χ0) is 26.7. The van der Waals surface area contributed by atoms with Gasteiger partial charge in [0.25, 0.3) is 0 Å². The number of carbonyl (C=O) groups is 1. The summed E-state index contributed by atoms with van der Waals surface area (Å²) in [6, 6.07) is 16.5. The first kappa shape index (κ1) is 30.9. The zero-order valence-electron chi connectivity index (χ0n) is 23.8. The predicted molar refractivity (Wildman–Crippen MR) is 154 cm³/mol. The van der Waals surface area contributed by atoms with Gasteiger partial charge < -0.3 is 14.2 Å². The second kappa shape index (κ2) is 18.8. The molecule has 0 bridgehead atoms. The van der Waals surface area contributed by atoms with Crippen LogP contribution in [0.25, 0.3) is 11.1 Å². The van der Waals surface area contributed by atoms with E-state index in [4.69, 9.17) is 14.2 Å². The summed E-state index contributed by atoms with van der Waals surface area (Å²) in [5.74, 6) is 0.612. The van der Waals surface area contributed by atoms with Crippen molar-refractivity contribution in [1.82, 2.24) is 0 Å². The molecular weight excluding hydrogens is 460 g/mol. The highest BCUT2D eigenvalue weighted by Crippen LogP contribution is 2.26. The lowest BCUT2D eigenvalue weighted by Crippen LogP contribution is -2.25. The minimum absolute atomic E-state index is 0.306. The maximum Gasteiger partial charge on any atom is 0.335 e. The monoisotopic (exact) mass is 510 g/mol. The van der Waals surface area contributed by atoms with Crippen LogP contribution >= 0.6 is 0 Å². The Balaban J connectivity index is 1.72. The third kappa shape index (κ3) is 12.6. The SMILES string of the molecule is CCCCCCCCOc1ccc(-c2ccc(C(C)OC(=O)C(C)OCCCCCCCC)cc2)cc1. The molecule has 4 nitrogen and oxygen atoms in total. The predicted octanol–water partition coefficient (Wildman–Crippen LogP) is 9.46. The minimum Gasteiger partial charge on any atom is -0.494 e. The van der Waals surface area contributed by atoms with Gasteiger partial charge >= 0.3 is 5.97 Å². The van der Waals surface area contributed by atoms with Gasteiger partial charge in [0.1, 0.15) is 11.9 Å². The highest BCUT2D eigenvalue weighted by Gasteiger charge is 2.19. The fourth-order valence-corrected chi connectivity index (χ4v) is 4.31. The normalized spacial score (nSPS) is 12.8. The summed E-state index contributed by atoms with van der Waals surface area (Å²) in [6.45, 7) is 9.53. The lowest BCUT2D eigenvalue weighted by atomic mass is 10.0. The molecule has 2 aromatic rings. The second-order valence-corrected chi connectivity index (χ2v) is 10.1. The van der Waals surface area contributed by atoms with E-state index in [0.29, 0.717) is 6.61 Å². The molecule has 0 saturated carbocycles. The number of esters is 1. The van der Waals surface area contributed by atoms with E-state index in [-0.39, 0.29) is 12.1 Å². The largest absolute Gasteiger partial charge is 0.494 e. The van der Waals surface area contributed by atoms with Crippen molar-refractivity contribution in [2.45, 2.75) is 117 Å². The summed E-state index contributed by atoms with van der Waals surface area (Å²) in [6.07, 6.45) is 13.9. The van der Waals surface area contributed by atoms with Crippen molar-refractivity contribution in [2.24, 2.45) is 0 Å². The van der Waals surface area contributed by atoms with Crippen molar-refractivity contribution in [3.63, 3.8) is 0 Å². The Morgan fingerprint density at radius 3 is 1.70 bits per heavy atom. The summed E-state index contributed by atoms with van der Waals surface area (Å²) in [5.41, 5.74) is 3.24. The molecule has 0 aliphatic carbocycles. The third-order valence-corrected chi connectivity index (χ3v) is 6.82. The smallest absolute Gasteiger partial charge is 0.335 e. The summed E-state index contributed by atoms with van der Waals surface area (Å²) in [4.78, 5) is 12.4. The van der Waals surface area contributed by atoms with Crippen LogP contribution in [0, 0.1) is 0 Å². The van der Waals surface area contributed by atoms with Crippen molar-refractivity contribution in [2.75, 3.05) is 13.2 Å². The Kier molecular flexibility index (Phi) is 15.7. The molecule has 0 N–H and O–H groups in total. The second-order valence-electron chi connectivity index (χ2n) is 10.1. The molecule has 0 aliphatic heterocycles. The van der Waals surface area contributed by atoms with Gasteiger partial charge in [0.15, 0.2) is 6.10 Å². The molecule has 4 heteroatoms. The molecule has 0 amide bonds. The number of carbonyl (C=O) groups excluding carboxylic acids is 1. The quantitative estimate of drug-likeness (QED) is 0.131. The molecular formula is C33H50O4. The molecule has 0 radical (unpaired) electrons. The Bertz CT molecular complexity index is 844. The number of ether oxygens (including phenoxy) is 3. The number of rotatable bonds is 20. The van der Waals surface area contributed by atoms with Crippen LogP contribution in [0.1, 0.15) is 116 Å². The maximum atomic E-state index is 12.4. The van der Waals surface area contributed by atoms with E-state index in [0.717, 1.165) is 48.3 Å². The molecule has 0 heterocycles. The topological polar surface area (TPSA) is 44.8 Å². The minimum atomic E-state index is -0.542. The average molecular weight is 511 g/mol. The highest BCUT2D eigenvalue weighted by atomic mass is 16.6. The molecule has 0 spiro atoms. The van der Waals surface area contributed by atoms with Crippen LogP contribution in [0.4, 0.5) is 0 Å². The van der Waals surface area contributed by atoms with Crippen LogP contribution in [0.15, 0.2) is 48.5 Å². The van der Waals surface area contributed by atoms with Crippen molar-refractivity contribution < 1.29 is 19.0 Å². The van der Waals surface area contributed by atoms with Gasteiger partial charge in [-0.2, -0.15) is 0 Å². The Labute approximate surface area is 226 Å². The highest BCUT2D eigenvalue weighted by molar-refractivity contribution is 5.74. The Morgan fingerprint density at radius 2 is 1.14 bits per heavy atom. The van der Waals surface area contributed by atoms with E-state index in [1.54, 1.807) is 6.92 Å². The van der Waals surface area contributed by atoms with Crippen LogP contribution in [0.3, 0.4) is 0 Å². The summed E-state index contributed by atoms with van der Waals surface area (Å²) >= 11 is 0. The molecule has 2 unspecified atom stereocenters. The Morgan fingerprint density at radius 1 is 0.649 bits per heavy atom. The van der Waals surface area contributed by atoms with Gasteiger partial charge in [-0.1, -0.05) is 114 Å². The van der Waals surface area contributed by atoms with Crippen LogP contribution in [-0.2, 0) is 14.3 Å². The lowest BCUT2D eigenvalue weighted by molar-refractivity contribution is -0.161. The molecule has 206 valence electrons. The van der Waals surface area contributed by atoms with Gasteiger partial charge in [-0.25, -0.2) is 4.79 Å². The first-order valence-corrected chi connectivity index (χ1v) is 14.7. The number of hydrogen-bond acceptors (Lipinski definition) is 4. The van der Waals surface area contributed by atoms with Gasteiger partial charge in [0.2, 0.25) is 0 Å². The van der Waals surface area contributed by atoms with E-state index in [9.17, 15) is 4.79 Å². The molecule has 0 aliphatic rings. The summed E-state index contributed by atoms with van der Waals surface area (Å²) in [7, 11) is 0. The van der Waals surface area contributed by atoms with Crippen LogP contribution in [0.5, 0.6) is 5.75 Å². The number of benzene rings is 2. The van der Waals surface area contributed by atoms with Crippen LogP contribution < -0.4 is 4.74 Å². The van der Waals surface area contributed by atoms with Gasteiger partial charge in [-0.05, 0) is 55.5 Å². The average Bonchev–Trinajstić information content (AvgIpc) is 2.92. The molecule has 2 atom stereocenters. The first-order chi connectivity index (χ1) is 18.0. The lowest BCUT2D eigenvalue weighted by Gasteiger charge is -2.18. The van der Waals surface area contributed by atoms with E-state index < -0.39 is 6.10 Å². The van der Waals surface area contributed by atoms with E-state index in [1.807, 2.05) is 31.2 Å². The first-order valence-electron chi connectivity index (χ1n) is 14.7. The van der Waals surface area contributed by atoms with Crippen LogP contribution in [-0.4, -0.2) is 25.3 Å². The van der Waals surface area contributed by atoms with Gasteiger partial charge in [0, 0.05) is 6.61 Å². The standard InChI is InChI=1S/C33H50O4/c1-5-7-9-11-13-15-25-35-28(4)33(34)37-27(3)29-17-19-30(20-18-29)31-21-23-32(24-22-31)36-26-16-14-12-10-8-6-2/h17-24,27-28H,5-16,25-26H2,1-4H3. The van der Waals surface area contributed by atoms with Crippen molar-refractivity contribution in [3.8, 4) is 16.9 Å². The van der Waals surface area contributed by atoms with E-state index >= 15 is 0 Å². The van der Waals surface area contributed by atoms with E-state index in [2.05, 4.69) is 38.1 Å². The van der Waals surface area contributed by atoms with E-state index in [1.165, 1.54) is 57.8 Å². The molecule has 2 rings (SSSR count). The molecule has 0 fully saturated rings. The maximum absolute atomic E-state index is 12.4. The fraction of sp³-hybridized carbons (Fsp3) is 0.606. The molecule has 0 aromatic heterocycles. The van der Waals surface area contributed by atoms with Gasteiger partial charge in [-0.3, -0.25) is 0 Å². The number of unbranched alkanes of at least 4 members (excludes halogenated alkanes) is 10. The third-order valence-electron chi connectivity index (χ3n) is 6.82.